The van der Waals surface area contributed by atoms with Gasteiger partial charge in [-0.1, -0.05) is 79.5 Å². The van der Waals surface area contributed by atoms with Gasteiger partial charge >= 0.3 is 11.9 Å². The third-order valence-electron chi connectivity index (χ3n) is 12.1. The van der Waals surface area contributed by atoms with Crippen LogP contribution in [-0.4, -0.2) is 83.8 Å². The number of halogens is 1. The van der Waals surface area contributed by atoms with Crippen LogP contribution in [0.2, 0.25) is 0 Å². The zero-order valence-corrected chi connectivity index (χ0v) is 37.9. The Bertz CT molecular complexity index is 1080. The van der Waals surface area contributed by atoms with Crippen LogP contribution in [-0.2, 0) is 28.5 Å². The number of hydrogen-bond acceptors (Lipinski definition) is 8. The van der Waals surface area contributed by atoms with Crippen LogP contribution < -0.4 is 0 Å². The summed E-state index contributed by atoms with van der Waals surface area (Å²) in [7, 11) is 0. The van der Waals surface area contributed by atoms with Gasteiger partial charge in [0, 0.05) is 41.4 Å². The molecule has 0 spiro atoms. The van der Waals surface area contributed by atoms with Gasteiger partial charge in [-0.2, -0.15) is 0 Å². The molecule has 6 atom stereocenters. The highest BCUT2D eigenvalue weighted by molar-refractivity contribution is 14.1. The maximum absolute atomic E-state index is 12.7. The van der Waals surface area contributed by atoms with Crippen molar-refractivity contribution < 1.29 is 33.6 Å². The van der Waals surface area contributed by atoms with Crippen LogP contribution in [0.5, 0.6) is 0 Å². The maximum Gasteiger partial charge on any atom is 0.306 e. The summed E-state index contributed by atoms with van der Waals surface area (Å²) in [5.41, 5.74) is 2.80. The number of nitrogens with zero attached hydrogens (tertiary/aromatic N) is 1. The lowest BCUT2D eigenvalue weighted by Crippen LogP contribution is -2.40. The Kier molecular flexibility index (Phi) is 24.4. The Hall–Kier alpha value is -1.01. The minimum Gasteiger partial charge on any atom is -0.466 e. The second-order valence-electron chi connectivity index (χ2n) is 17.5. The molecule has 0 radical (unpaired) electrons. The quantitative estimate of drug-likeness (QED) is 0.0184. The summed E-state index contributed by atoms with van der Waals surface area (Å²) in [6.45, 7) is 21.8. The number of esters is 2. The van der Waals surface area contributed by atoms with Crippen LogP contribution in [0.15, 0.2) is 23.3 Å². The molecule has 0 amide bonds. The summed E-state index contributed by atoms with van der Waals surface area (Å²) >= 11 is 2.60. The molecule has 54 heavy (non-hydrogen) atoms. The number of carbonyl (C=O) groups excluding carboxylic acids is 2. The van der Waals surface area contributed by atoms with Gasteiger partial charge in [0.05, 0.1) is 19.6 Å². The second kappa shape index (κ2) is 26.8. The number of alkyl halides is 1. The summed E-state index contributed by atoms with van der Waals surface area (Å²) in [4.78, 5) is 27.6. The van der Waals surface area contributed by atoms with E-state index in [1.165, 1.54) is 17.6 Å². The van der Waals surface area contributed by atoms with Gasteiger partial charge in [-0.05, 0) is 143 Å². The lowest BCUT2D eigenvalue weighted by atomic mass is 9.79. The summed E-state index contributed by atoms with van der Waals surface area (Å²) in [6.07, 6.45) is 19.9. The topological polar surface area (TPSA) is 94.5 Å². The molecule has 0 aromatic carbocycles. The Labute approximate surface area is 344 Å². The predicted molar refractivity (Wildman–Crippen MR) is 230 cm³/mol. The molecule has 0 aromatic heterocycles. The SMILES string of the molecule is CC(C)=CCCC(C)CCOC(CCC(=O)OCCCCCCN(CCO)CCCC(=O)O[C@@H]1CC2CCC1(C)C2(C)I)OCCC(C)CCC=C(C)C. The molecule has 9 heteroatoms. The number of hydrogen-bond donors (Lipinski definition) is 1. The minimum atomic E-state index is -0.391. The highest BCUT2D eigenvalue weighted by Gasteiger charge is 2.64. The summed E-state index contributed by atoms with van der Waals surface area (Å²) in [5.74, 6) is 1.51. The molecule has 5 unspecified atom stereocenters. The number of rotatable bonds is 31. The van der Waals surface area contributed by atoms with Crippen molar-refractivity contribution in [3.63, 3.8) is 0 Å². The van der Waals surface area contributed by atoms with Gasteiger partial charge in [0.25, 0.3) is 0 Å². The fourth-order valence-electron chi connectivity index (χ4n) is 8.01. The van der Waals surface area contributed by atoms with Crippen LogP contribution in [0.25, 0.3) is 0 Å². The Morgan fingerprint density at radius 1 is 0.778 bits per heavy atom. The van der Waals surface area contributed by atoms with Crippen molar-refractivity contribution in [1.29, 1.82) is 0 Å². The Morgan fingerprint density at radius 2 is 1.37 bits per heavy atom. The molecule has 2 aliphatic rings. The van der Waals surface area contributed by atoms with Crippen molar-refractivity contribution >= 4 is 34.5 Å². The smallest absolute Gasteiger partial charge is 0.306 e. The lowest BCUT2D eigenvalue weighted by Gasteiger charge is -2.37. The van der Waals surface area contributed by atoms with E-state index < -0.39 is 6.29 Å². The van der Waals surface area contributed by atoms with E-state index in [0.29, 0.717) is 63.4 Å². The van der Waals surface area contributed by atoms with E-state index >= 15 is 0 Å². The van der Waals surface area contributed by atoms with E-state index in [1.54, 1.807) is 0 Å². The van der Waals surface area contributed by atoms with Gasteiger partial charge in [-0.25, -0.2) is 0 Å². The summed E-state index contributed by atoms with van der Waals surface area (Å²) in [5, 5.41) is 9.59. The van der Waals surface area contributed by atoms with Crippen molar-refractivity contribution in [2.24, 2.45) is 23.2 Å². The van der Waals surface area contributed by atoms with Crippen molar-refractivity contribution in [2.45, 2.75) is 180 Å². The minimum absolute atomic E-state index is 0.0386. The lowest BCUT2D eigenvalue weighted by molar-refractivity contribution is -0.161. The van der Waals surface area contributed by atoms with E-state index in [1.807, 2.05) is 0 Å². The normalized spacial score (nSPS) is 23.6. The van der Waals surface area contributed by atoms with Gasteiger partial charge in [0.1, 0.15) is 6.10 Å². The Morgan fingerprint density at radius 3 is 1.91 bits per heavy atom. The van der Waals surface area contributed by atoms with Gasteiger partial charge in [0.2, 0.25) is 0 Å². The standard InChI is InChI=1S/C45H80INO7/c1-35(2)16-13-18-37(5)24-32-52-43(53-33-25-38(6)19-14-17-36(3)4)22-21-41(49)51-31-12-10-9-11-27-47(29-30-48)28-15-20-42(50)54-40-34-39-23-26-44(40,7)45(39,8)46/h16-17,37-40,43,48H,9-15,18-34H2,1-8H3/t37?,38?,39?,40-,43?,44?,45?/m1/s1. The molecule has 2 bridgehead atoms. The van der Waals surface area contributed by atoms with E-state index in [0.717, 1.165) is 96.6 Å². The number of allylic oxidation sites excluding steroid dienone is 4. The molecule has 314 valence electrons. The average Bonchev–Trinajstić information content (AvgIpc) is 3.43. The number of ether oxygens (including phenoxy) is 4. The fraction of sp³-hybridized carbons (Fsp3) is 0.867. The molecule has 2 saturated carbocycles. The number of aliphatic hydroxyl groups is 1. The summed E-state index contributed by atoms with van der Waals surface area (Å²) < 4.78 is 24.2. The molecule has 8 nitrogen and oxygen atoms in total. The predicted octanol–water partition coefficient (Wildman–Crippen LogP) is 10.8. The first-order valence-electron chi connectivity index (χ1n) is 21.5. The molecule has 0 saturated heterocycles. The third kappa shape index (κ3) is 19.0. The first-order chi connectivity index (χ1) is 25.7. The highest BCUT2D eigenvalue weighted by atomic mass is 127. The van der Waals surface area contributed by atoms with Crippen molar-refractivity contribution in [3.8, 4) is 0 Å². The number of carbonyl (C=O) groups is 2. The monoisotopic (exact) mass is 873 g/mol. The molecule has 2 rings (SSSR count). The fourth-order valence-corrected chi connectivity index (χ4v) is 9.19. The van der Waals surface area contributed by atoms with E-state index in [-0.39, 0.29) is 33.5 Å². The molecule has 2 aliphatic carbocycles. The van der Waals surface area contributed by atoms with Crippen LogP contribution in [0, 0.1) is 23.2 Å². The molecular weight excluding hydrogens is 793 g/mol. The zero-order chi connectivity index (χ0) is 40.0. The van der Waals surface area contributed by atoms with Gasteiger partial charge in [0.15, 0.2) is 6.29 Å². The molecule has 2 fully saturated rings. The zero-order valence-electron chi connectivity index (χ0n) is 35.7. The molecule has 0 aromatic rings. The van der Waals surface area contributed by atoms with Crippen LogP contribution >= 0.6 is 22.6 Å². The molecular formula is C45H80INO7. The van der Waals surface area contributed by atoms with Crippen molar-refractivity contribution in [3.05, 3.63) is 23.3 Å². The van der Waals surface area contributed by atoms with Crippen molar-refractivity contribution in [1.82, 2.24) is 4.90 Å². The third-order valence-corrected chi connectivity index (χ3v) is 14.2. The number of fused-ring (bicyclic) bond motifs is 2. The Balaban J connectivity index is 1.61. The first-order valence-corrected chi connectivity index (χ1v) is 22.6. The molecule has 1 N–H and O–H groups in total. The number of unbranched alkanes of at least 4 members (excludes halogenated alkanes) is 3. The van der Waals surface area contributed by atoms with Gasteiger partial charge in [-0.15, -0.1) is 0 Å². The van der Waals surface area contributed by atoms with E-state index in [9.17, 15) is 14.7 Å². The van der Waals surface area contributed by atoms with Crippen LogP contribution in [0.1, 0.15) is 165 Å². The van der Waals surface area contributed by atoms with Gasteiger partial charge in [-0.3, -0.25) is 9.59 Å². The maximum atomic E-state index is 12.7. The summed E-state index contributed by atoms with van der Waals surface area (Å²) in [6, 6.07) is 0. The highest BCUT2D eigenvalue weighted by Crippen LogP contribution is 2.65. The number of aliphatic hydroxyl groups excluding tert-OH is 1. The molecule has 0 aliphatic heterocycles. The van der Waals surface area contributed by atoms with E-state index in [4.69, 9.17) is 18.9 Å². The van der Waals surface area contributed by atoms with Crippen molar-refractivity contribution in [2.75, 3.05) is 46.1 Å². The second-order valence-corrected chi connectivity index (χ2v) is 19.7. The molecule has 0 heterocycles. The average molecular weight is 874 g/mol. The van der Waals surface area contributed by atoms with Crippen LogP contribution in [0.3, 0.4) is 0 Å². The first kappa shape index (κ1) is 49.1. The van der Waals surface area contributed by atoms with Crippen LogP contribution in [0.4, 0.5) is 0 Å². The van der Waals surface area contributed by atoms with E-state index in [2.05, 4.69) is 95.0 Å². The largest absolute Gasteiger partial charge is 0.466 e. The van der Waals surface area contributed by atoms with Gasteiger partial charge < -0.3 is 29.0 Å².